The number of fused-ring (bicyclic) bond motifs is 1. The van der Waals surface area contributed by atoms with Gasteiger partial charge in [0.2, 0.25) is 5.91 Å². The lowest BCUT2D eigenvalue weighted by Gasteiger charge is -2.51. The van der Waals surface area contributed by atoms with Crippen LogP contribution in [0.2, 0.25) is 0 Å². The molecule has 22 heavy (non-hydrogen) atoms. The Morgan fingerprint density at radius 1 is 1.23 bits per heavy atom. The average molecular weight is 298 g/mol. The quantitative estimate of drug-likeness (QED) is 0.868. The number of carbonyl (C=O) groups excluding carboxylic acids is 2. The minimum atomic E-state index is -0.191. The standard InChI is InChI=1S/C18H22N2O2/c1-2-17(21)19-11-13-7-9-14(10-8-13)18(22)20-12-15-5-3-4-6-16(15)20/h2,7-10,15-16H,1,3-6,11-12H2,(H,19,21)/t15-,16-/m1/s1. The van der Waals surface area contributed by atoms with Crippen molar-refractivity contribution in [2.24, 2.45) is 5.92 Å². The molecular formula is C18H22N2O2. The van der Waals surface area contributed by atoms with Gasteiger partial charge in [0.1, 0.15) is 0 Å². The van der Waals surface area contributed by atoms with Crippen molar-refractivity contribution in [3.8, 4) is 0 Å². The van der Waals surface area contributed by atoms with Gasteiger partial charge in [0, 0.05) is 24.7 Å². The van der Waals surface area contributed by atoms with Gasteiger partial charge in [-0.15, -0.1) is 0 Å². The van der Waals surface area contributed by atoms with Gasteiger partial charge in [-0.1, -0.05) is 31.6 Å². The van der Waals surface area contributed by atoms with Crippen molar-refractivity contribution in [1.82, 2.24) is 10.2 Å². The number of nitrogens with one attached hydrogen (secondary N) is 1. The average Bonchev–Trinajstić information content (AvgIpc) is 2.54. The molecule has 1 aliphatic carbocycles. The second-order valence-corrected chi connectivity index (χ2v) is 6.19. The predicted octanol–water partition coefficient (Wildman–Crippen LogP) is 2.50. The molecule has 4 heteroatoms. The third-order valence-electron chi connectivity index (χ3n) is 4.81. The molecule has 2 atom stereocenters. The van der Waals surface area contributed by atoms with E-state index < -0.39 is 0 Å². The largest absolute Gasteiger partial charge is 0.348 e. The zero-order valence-corrected chi connectivity index (χ0v) is 12.8. The highest BCUT2D eigenvalue weighted by Crippen LogP contribution is 2.37. The first-order valence-corrected chi connectivity index (χ1v) is 7.99. The Balaban J connectivity index is 1.59. The first kappa shape index (κ1) is 14.8. The molecule has 0 bridgehead atoms. The Labute approximate surface area is 131 Å². The van der Waals surface area contributed by atoms with Crippen LogP contribution in [0, 0.1) is 5.92 Å². The van der Waals surface area contributed by atoms with Crippen molar-refractivity contribution in [3.05, 3.63) is 48.0 Å². The summed E-state index contributed by atoms with van der Waals surface area (Å²) in [6.07, 6.45) is 6.24. The fourth-order valence-corrected chi connectivity index (χ4v) is 3.49. The Morgan fingerprint density at radius 2 is 1.95 bits per heavy atom. The smallest absolute Gasteiger partial charge is 0.254 e. The second kappa shape index (κ2) is 6.34. The Bertz CT molecular complexity index is 579. The lowest BCUT2D eigenvalue weighted by atomic mass is 9.76. The number of rotatable bonds is 4. The van der Waals surface area contributed by atoms with Crippen LogP contribution in [0.15, 0.2) is 36.9 Å². The van der Waals surface area contributed by atoms with Gasteiger partial charge in [0.25, 0.3) is 5.91 Å². The molecule has 2 amide bonds. The summed E-state index contributed by atoms with van der Waals surface area (Å²) in [4.78, 5) is 25.7. The number of nitrogens with zero attached hydrogens (tertiary/aromatic N) is 1. The number of hydrogen-bond donors (Lipinski definition) is 1. The van der Waals surface area contributed by atoms with Gasteiger partial charge in [-0.2, -0.15) is 0 Å². The van der Waals surface area contributed by atoms with Gasteiger partial charge >= 0.3 is 0 Å². The highest BCUT2D eigenvalue weighted by Gasteiger charge is 2.42. The number of likely N-dealkylation sites (tertiary alicyclic amines) is 1. The summed E-state index contributed by atoms with van der Waals surface area (Å²) in [7, 11) is 0. The minimum Gasteiger partial charge on any atom is -0.348 e. The maximum Gasteiger partial charge on any atom is 0.254 e. The summed E-state index contributed by atoms with van der Waals surface area (Å²) in [5, 5.41) is 2.73. The van der Waals surface area contributed by atoms with Gasteiger partial charge in [-0.25, -0.2) is 0 Å². The molecule has 1 aromatic carbocycles. The normalized spacial score (nSPS) is 23.2. The molecule has 0 radical (unpaired) electrons. The number of amides is 2. The lowest BCUT2D eigenvalue weighted by molar-refractivity contribution is -0.116. The van der Waals surface area contributed by atoms with Crippen LogP contribution < -0.4 is 5.32 Å². The summed E-state index contributed by atoms with van der Waals surface area (Å²) < 4.78 is 0. The van der Waals surface area contributed by atoms with E-state index in [0.717, 1.165) is 30.0 Å². The van der Waals surface area contributed by atoms with Crippen LogP contribution >= 0.6 is 0 Å². The maximum atomic E-state index is 12.5. The van der Waals surface area contributed by atoms with Crippen LogP contribution in [0.1, 0.15) is 41.6 Å². The molecular weight excluding hydrogens is 276 g/mol. The summed E-state index contributed by atoms with van der Waals surface area (Å²) in [5.41, 5.74) is 1.72. The van der Waals surface area contributed by atoms with Crippen LogP contribution in [0.25, 0.3) is 0 Å². The second-order valence-electron chi connectivity index (χ2n) is 6.19. The number of benzene rings is 1. The van der Waals surface area contributed by atoms with Gasteiger partial charge in [-0.3, -0.25) is 9.59 Å². The summed E-state index contributed by atoms with van der Waals surface area (Å²) in [6.45, 7) is 4.79. The molecule has 0 aromatic heterocycles. The molecule has 1 aromatic rings. The van der Waals surface area contributed by atoms with Crippen molar-refractivity contribution in [1.29, 1.82) is 0 Å². The van der Waals surface area contributed by atoms with E-state index in [-0.39, 0.29) is 11.8 Å². The van der Waals surface area contributed by atoms with Gasteiger partial charge in [0.05, 0.1) is 0 Å². The highest BCUT2D eigenvalue weighted by molar-refractivity contribution is 5.95. The monoisotopic (exact) mass is 298 g/mol. The van der Waals surface area contributed by atoms with E-state index in [0.29, 0.717) is 12.6 Å². The molecule has 0 unspecified atom stereocenters. The van der Waals surface area contributed by atoms with E-state index in [9.17, 15) is 9.59 Å². The van der Waals surface area contributed by atoms with Crippen molar-refractivity contribution in [2.75, 3.05) is 6.54 Å². The summed E-state index contributed by atoms with van der Waals surface area (Å²) in [6, 6.07) is 7.97. The van der Waals surface area contributed by atoms with Crippen molar-refractivity contribution in [2.45, 2.75) is 38.3 Å². The zero-order chi connectivity index (χ0) is 15.5. The maximum absolute atomic E-state index is 12.5. The predicted molar refractivity (Wildman–Crippen MR) is 85.3 cm³/mol. The van der Waals surface area contributed by atoms with Gasteiger partial charge in [0.15, 0.2) is 0 Å². The van der Waals surface area contributed by atoms with Crippen LogP contribution in [0.4, 0.5) is 0 Å². The van der Waals surface area contributed by atoms with Crippen LogP contribution in [0.3, 0.4) is 0 Å². The SMILES string of the molecule is C=CC(=O)NCc1ccc(C(=O)N2C[C@H]3CCCC[C@H]32)cc1. The number of carbonyl (C=O) groups is 2. The fourth-order valence-electron chi connectivity index (χ4n) is 3.49. The van der Waals surface area contributed by atoms with Crippen LogP contribution in [-0.2, 0) is 11.3 Å². The molecule has 2 aliphatic rings. The molecule has 2 fully saturated rings. The zero-order valence-electron chi connectivity index (χ0n) is 12.8. The third kappa shape index (κ3) is 2.91. The van der Waals surface area contributed by atoms with E-state index in [1.165, 1.54) is 25.3 Å². The molecule has 0 spiro atoms. The Hall–Kier alpha value is -2.10. The third-order valence-corrected chi connectivity index (χ3v) is 4.81. The number of hydrogen-bond acceptors (Lipinski definition) is 2. The molecule has 4 nitrogen and oxygen atoms in total. The minimum absolute atomic E-state index is 0.143. The van der Waals surface area contributed by atoms with Gasteiger partial charge < -0.3 is 10.2 Å². The molecule has 116 valence electrons. The van der Waals surface area contributed by atoms with Crippen LogP contribution in [-0.4, -0.2) is 29.3 Å². The highest BCUT2D eigenvalue weighted by atomic mass is 16.2. The summed E-state index contributed by atoms with van der Waals surface area (Å²) in [5.74, 6) is 0.681. The van der Waals surface area contributed by atoms with Crippen LogP contribution in [0.5, 0.6) is 0 Å². The molecule has 1 aliphatic heterocycles. The molecule has 3 rings (SSSR count). The molecule has 1 saturated heterocycles. The molecule has 1 N–H and O–H groups in total. The van der Waals surface area contributed by atoms with E-state index in [1.54, 1.807) is 0 Å². The topological polar surface area (TPSA) is 49.4 Å². The molecule has 1 saturated carbocycles. The van der Waals surface area contributed by atoms with Crippen molar-refractivity contribution >= 4 is 11.8 Å². The van der Waals surface area contributed by atoms with E-state index in [1.807, 2.05) is 29.2 Å². The van der Waals surface area contributed by atoms with E-state index >= 15 is 0 Å². The van der Waals surface area contributed by atoms with E-state index in [4.69, 9.17) is 0 Å². The summed E-state index contributed by atoms with van der Waals surface area (Å²) >= 11 is 0. The first-order chi connectivity index (χ1) is 10.7. The lowest BCUT2D eigenvalue weighted by Crippen LogP contribution is -2.59. The van der Waals surface area contributed by atoms with Crippen molar-refractivity contribution in [3.63, 3.8) is 0 Å². The Morgan fingerprint density at radius 3 is 2.64 bits per heavy atom. The van der Waals surface area contributed by atoms with Crippen molar-refractivity contribution < 1.29 is 9.59 Å². The Kier molecular flexibility index (Phi) is 4.27. The molecule has 1 heterocycles. The first-order valence-electron chi connectivity index (χ1n) is 7.99. The van der Waals surface area contributed by atoms with E-state index in [2.05, 4.69) is 11.9 Å². The van der Waals surface area contributed by atoms with Gasteiger partial charge in [-0.05, 0) is 42.5 Å². The fraction of sp³-hybridized carbons (Fsp3) is 0.444.